The standard InChI is InChI=1S/C27H24N4O5S/c32-25-20-8-4-5-9-22(20)31(28-15-17-10-11-17)27(33)24(25)26-29-21-13-12-19(14-23(21)37(34,35)30-26)36-16-18-6-2-1-3-7-18/h1-9,12-15,17,32,34-35H,10-11,16H2,(H,29,30)/b28-15+. The number of nitrogens with one attached hydrogen (secondary N) is 1. The van der Waals surface area contributed by atoms with E-state index in [0.29, 0.717) is 34.9 Å². The van der Waals surface area contributed by atoms with Crippen molar-refractivity contribution in [2.24, 2.45) is 15.4 Å². The summed E-state index contributed by atoms with van der Waals surface area (Å²) >= 11 is 0. The third-order valence-electron chi connectivity index (χ3n) is 6.25. The molecule has 9 nitrogen and oxygen atoms in total. The lowest BCUT2D eigenvalue weighted by Crippen LogP contribution is -2.31. The first kappa shape index (κ1) is 23.3. The summed E-state index contributed by atoms with van der Waals surface area (Å²) in [6.07, 6.45) is 3.76. The molecular formula is C27H24N4O5S. The number of fused-ring (bicyclic) bond motifs is 2. The number of amidine groups is 1. The lowest BCUT2D eigenvalue weighted by atomic mass is 10.1. The molecule has 10 heteroatoms. The second-order valence-corrected chi connectivity index (χ2v) is 10.6. The first-order valence-corrected chi connectivity index (χ1v) is 13.3. The normalized spacial score (nSPS) is 17.2. The molecule has 0 amide bonds. The quantitative estimate of drug-likeness (QED) is 0.253. The van der Waals surface area contributed by atoms with Crippen LogP contribution in [-0.4, -0.2) is 30.9 Å². The molecule has 37 heavy (non-hydrogen) atoms. The molecule has 2 heterocycles. The van der Waals surface area contributed by atoms with Gasteiger partial charge in [-0.2, -0.15) is 9.78 Å². The van der Waals surface area contributed by atoms with Gasteiger partial charge in [0.1, 0.15) is 28.6 Å². The van der Waals surface area contributed by atoms with E-state index < -0.39 is 16.3 Å². The van der Waals surface area contributed by atoms with Crippen molar-refractivity contribution in [3.05, 3.63) is 94.3 Å². The lowest BCUT2D eigenvalue weighted by molar-refractivity contribution is 0.305. The van der Waals surface area contributed by atoms with Gasteiger partial charge in [0.05, 0.1) is 11.2 Å². The van der Waals surface area contributed by atoms with E-state index in [1.165, 1.54) is 10.7 Å². The molecule has 2 aliphatic rings. The Morgan fingerprint density at radius 2 is 1.84 bits per heavy atom. The number of rotatable bonds is 6. The van der Waals surface area contributed by atoms with Crippen LogP contribution in [0.15, 0.2) is 92.0 Å². The van der Waals surface area contributed by atoms with E-state index in [2.05, 4.69) is 14.8 Å². The molecule has 1 aliphatic heterocycles. The average molecular weight is 517 g/mol. The Balaban J connectivity index is 1.39. The fourth-order valence-corrected chi connectivity index (χ4v) is 5.32. The molecular weight excluding hydrogens is 492 g/mol. The Morgan fingerprint density at radius 3 is 2.62 bits per heavy atom. The van der Waals surface area contributed by atoms with E-state index in [-0.39, 0.29) is 22.0 Å². The zero-order valence-corrected chi connectivity index (χ0v) is 20.4. The van der Waals surface area contributed by atoms with Crippen LogP contribution < -0.4 is 15.6 Å². The Morgan fingerprint density at radius 1 is 1.08 bits per heavy atom. The van der Waals surface area contributed by atoms with E-state index in [9.17, 15) is 19.0 Å². The van der Waals surface area contributed by atoms with Crippen molar-refractivity contribution in [2.75, 3.05) is 5.32 Å². The van der Waals surface area contributed by atoms with Crippen molar-refractivity contribution in [3.8, 4) is 11.5 Å². The predicted octanol–water partition coefficient (Wildman–Crippen LogP) is 5.43. The fraction of sp³-hybridized carbons (Fsp3) is 0.148. The molecule has 4 aromatic rings. The smallest absolute Gasteiger partial charge is 0.286 e. The van der Waals surface area contributed by atoms with Crippen molar-refractivity contribution >= 4 is 39.4 Å². The number of hydrogen-bond acceptors (Lipinski definition) is 8. The molecule has 0 bridgehead atoms. The summed E-state index contributed by atoms with van der Waals surface area (Å²) in [4.78, 5) is 13.7. The SMILES string of the molecule is O=c1c(C2=NS(O)(O)c3cc(OCc4ccccc4)ccc3N2)c(O)c2ccccc2n1/N=C/C1CC1. The first-order chi connectivity index (χ1) is 17.9. The van der Waals surface area contributed by atoms with Crippen molar-refractivity contribution < 1.29 is 18.9 Å². The Labute approximate surface area is 213 Å². The van der Waals surface area contributed by atoms with Crippen LogP contribution in [-0.2, 0) is 6.61 Å². The highest BCUT2D eigenvalue weighted by molar-refractivity contribution is 8.23. The summed E-state index contributed by atoms with van der Waals surface area (Å²) in [6, 6.07) is 21.3. The van der Waals surface area contributed by atoms with Crippen molar-refractivity contribution in [3.63, 3.8) is 0 Å². The van der Waals surface area contributed by atoms with Crippen LogP contribution in [0.2, 0.25) is 0 Å². The zero-order chi connectivity index (χ0) is 25.6. The number of aromatic hydroxyl groups is 1. The number of ether oxygens (including phenoxy) is 1. The molecule has 1 saturated carbocycles. The molecule has 188 valence electrons. The number of anilines is 1. The van der Waals surface area contributed by atoms with Crippen LogP contribution in [0.5, 0.6) is 11.5 Å². The van der Waals surface area contributed by atoms with Gasteiger partial charge in [0.2, 0.25) is 0 Å². The summed E-state index contributed by atoms with van der Waals surface area (Å²) in [5.41, 5.74) is 0.937. The van der Waals surface area contributed by atoms with Gasteiger partial charge < -0.3 is 15.2 Å². The number of nitrogens with zero attached hydrogens (tertiary/aromatic N) is 3. The van der Waals surface area contributed by atoms with Crippen LogP contribution in [0.1, 0.15) is 24.0 Å². The molecule has 0 unspecified atom stereocenters. The minimum atomic E-state index is -3.71. The summed E-state index contributed by atoms with van der Waals surface area (Å²) in [6.45, 7) is 0.312. The number of hydrogen-bond donors (Lipinski definition) is 4. The van der Waals surface area contributed by atoms with Crippen LogP contribution in [0.4, 0.5) is 5.69 Å². The van der Waals surface area contributed by atoms with E-state index in [1.54, 1.807) is 42.6 Å². The molecule has 3 aromatic carbocycles. The zero-order valence-electron chi connectivity index (χ0n) is 19.6. The molecule has 0 saturated heterocycles. The molecule has 6 rings (SSSR count). The van der Waals surface area contributed by atoms with Gasteiger partial charge in [-0.3, -0.25) is 13.9 Å². The van der Waals surface area contributed by atoms with Gasteiger partial charge in [-0.15, -0.1) is 4.40 Å². The maximum absolute atomic E-state index is 13.5. The van der Waals surface area contributed by atoms with Crippen molar-refractivity contribution in [1.29, 1.82) is 0 Å². The highest BCUT2D eigenvalue weighted by Crippen LogP contribution is 2.56. The van der Waals surface area contributed by atoms with Gasteiger partial charge in [0.15, 0.2) is 5.84 Å². The summed E-state index contributed by atoms with van der Waals surface area (Å²) in [7, 11) is -3.71. The maximum atomic E-state index is 13.5. The second-order valence-electron chi connectivity index (χ2n) is 8.98. The van der Waals surface area contributed by atoms with Gasteiger partial charge >= 0.3 is 0 Å². The number of aromatic nitrogens is 1. The van der Waals surface area contributed by atoms with Crippen LogP contribution in [0, 0.1) is 5.92 Å². The molecule has 0 radical (unpaired) electrons. The molecule has 1 aliphatic carbocycles. The molecule has 0 spiro atoms. The van der Waals surface area contributed by atoms with Crippen LogP contribution in [0.3, 0.4) is 0 Å². The lowest BCUT2D eigenvalue weighted by Gasteiger charge is -2.34. The predicted molar refractivity (Wildman–Crippen MR) is 145 cm³/mol. The third-order valence-corrected chi connectivity index (χ3v) is 7.62. The van der Waals surface area contributed by atoms with Gasteiger partial charge in [-0.1, -0.05) is 53.2 Å². The van der Waals surface area contributed by atoms with E-state index >= 15 is 0 Å². The van der Waals surface area contributed by atoms with Crippen molar-refractivity contribution in [2.45, 2.75) is 24.3 Å². The van der Waals surface area contributed by atoms with Gasteiger partial charge in [0.25, 0.3) is 5.56 Å². The van der Waals surface area contributed by atoms with Crippen LogP contribution >= 0.6 is 10.8 Å². The average Bonchev–Trinajstić information content (AvgIpc) is 3.72. The third kappa shape index (κ3) is 4.46. The second kappa shape index (κ2) is 9.07. The highest BCUT2D eigenvalue weighted by atomic mass is 32.3. The fourth-order valence-electron chi connectivity index (χ4n) is 4.14. The molecule has 1 fully saturated rings. The number of pyridine rings is 1. The minimum absolute atomic E-state index is 0.133. The van der Waals surface area contributed by atoms with Crippen molar-refractivity contribution in [1.82, 2.24) is 4.68 Å². The Bertz CT molecular complexity index is 1630. The van der Waals surface area contributed by atoms with Gasteiger partial charge in [-0.25, -0.2) is 0 Å². The Kier molecular flexibility index (Phi) is 5.71. The first-order valence-electron chi connectivity index (χ1n) is 11.8. The van der Waals surface area contributed by atoms with E-state index in [1.807, 2.05) is 30.3 Å². The molecule has 0 atom stereocenters. The van der Waals surface area contributed by atoms with E-state index in [0.717, 1.165) is 18.4 Å². The topological polar surface area (TPSA) is 129 Å². The van der Waals surface area contributed by atoms with Gasteiger partial charge in [-0.05, 0) is 48.6 Å². The van der Waals surface area contributed by atoms with Crippen LogP contribution in [0.25, 0.3) is 10.9 Å². The largest absolute Gasteiger partial charge is 0.506 e. The molecule has 4 N–H and O–H groups in total. The monoisotopic (exact) mass is 516 g/mol. The Hall–Kier alpha value is -4.12. The summed E-state index contributed by atoms with van der Waals surface area (Å²) < 4.78 is 33.0. The molecule has 1 aromatic heterocycles. The number of para-hydroxylation sites is 1. The number of benzene rings is 3. The summed E-state index contributed by atoms with van der Waals surface area (Å²) in [5.74, 6) is 0.304. The highest BCUT2D eigenvalue weighted by Gasteiger charge is 2.31. The minimum Gasteiger partial charge on any atom is -0.506 e. The summed E-state index contributed by atoms with van der Waals surface area (Å²) in [5, 5.41) is 18.8. The maximum Gasteiger partial charge on any atom is 0.286 e. The van der Waals surface area contributed by atoms with E-state index in [4.69, 9.17) is 4.74 Å². The van der Waals surface area contributed by atoms with Gasteiger partial charge in [0, 0.05) is 17.7 Å².